The van der Waals surface area contributed by atoms with Crippen LogP contribution in [-0.2, 0) is 27.9 Å². The Balaban J connectivity index is 4.08. The van der Waals surface area contributed by atoms with Gasteiger partial charge in [-0.25, -0.2) is 4.57 Å². The number of esters is 1. The zero-order valence-corrected chi connectivity index (χ0v) is 33.5. The van der Waals surface area contributed by atoms with E-state index >= 15 is 0 Å². The fraction of sp³-hybridized carbons (Fsp3) is 0.878. The molecule has 0 aromatic rings. The van der Waals surface area contributed by atoms with Crippen LogP contribution < -0.4 is 5.73 Å². The van der Waals surface area contributed by atoms with Gasteiger partial charge in [-0.15, -0.1) is 0 Å². The van der Waals surface area contributed by atoms with Crippen LogP contribution in [0.1, 0.15) is 200 Å². The Morgan fingerprint density at radius 1 is 0.600 bits per heavy atom. The highest BCUT2D eigenvalue weighted by atomic mass is 31.2. The molecule has 0 saturated heterocycles. The van der Waals surface area contributed by atoms with Crippen molar-refractivity contribution in [1.29, 1.82) is 0 Å². The van der Waals surface area contributed by atoms with Crippen molar-refractivity contribution in [2.24, 2.45) is 5.73 Å². The summed E-state index contributed by atoms with van der Waals surface area (Å²) in [5.74, 6) is -0.290. The van der Waals surface area contributed by atoms with E-state index in [0.29, 0.717) is 6.42 Å². The Hall–Kier alpha value is -1.18. The van der Waals surface area contributed by atoms with Gasteiger partial charge in [0.05, 0.1) is 19.5 Å². The summed E-state index contributed by atoms with van der Waals surface area (Å²) >= 11 is 0. The zero-order chi connectivity index (χ0) is 36.6. The first kappa shape index (κ1) is 48.8. The number of rotatable bonds is 40. The first-order valence-corrected chi connectivity index (χ1v) is 22.4. The smallest absolute Gasteiger partial charge is 0.472 e. The number of phosphoric acid groups is 1. The van der Waals surface area contributed by atoms with Gasteiger partial charge in [0.25, 0.3) is 0 Å². The lowest BCUT2D eigenvalue weighted by atomic mass is 10.0. The molecule has 0 rings (SSSR count). The van der Waals surface area contributed by atoms with Crippen molar-refractivity contribution in [1.82, 2.24) is 0 Å². The van der Waals surface area contributed by atoms with Crippen molar-refractivity contribution in [2.45, 2.75) is 206 Å². The minimum absolute atomic E-state index is 0.0627. The van der Waals surface area contributed by atoms with E-state index in [1.807, 2.05) is 6.08 Å². The molecule has 0 aliphatic heterocycles. The van der Waals surface area contributed by atoms with Gasteiger partial charge in [0.1, 0.15) is 6.61 Å². The molecule has 0 spiro atoms. The van der Waals surface area contributed by atoms with E-state index in [9.17, 15) is 14.3 Å². The lowest BCUT2D eigenvalue weighted by Crippen LogP contribution is -2.25. The van der Waals surface area contributed by atoms with E-state index in [0.717, 1.165) is 32.1 Å². The molecule has 2 atom stereocenters. The maximum Gasteiger partial charge on any atom is 0.472 e. The number of unbranched alkanes of at least 4 members (excludes halogenated alkanes) is 25. The zero-order valence-electron chi connectivity index (χ0n) is 32.6. The largest absolute Gasteiger partial charge is 0.492 e. The van der Waals surface area contributed by atoms with Gasteiger partial charge in [-0.2, -0.15) is 0 Å². The molecule has 1 unspecified atom stereocenters. The van der Waals surface area contributed by atoms with Crippen molar-refractivity contribution in [3.63, 3.8) is 0 Å². The molecule has 0 radical (unpaired) electrons. The van der Waals surface area contributed by atoms with Crippen molar-refractivity contribution < 1.29 is 32.8 Å². The minimum atomic E-state index is -4.26. The quantitative estimate of drug-likeness (QED) is 0.0210. The molecule has 0 heterocycles. The van der Waals surface area contributed by atoms with Crippen molar-refractivity contribution >= 4 is 13.8 Å². The van der Waals surface area contributed by atoms with E-state index in [4.69, 9.17) is 24.3 Å². The number of nitrogens with two attached hydrogens (primary N) is 1. The van der Waals surface area contributed by atoms with Gasteiger partial charge in [-0.05, 0) is 51.0 Å². The third-order valence-electron chi connectivity index (χ3n) is 8.96. The predicted octanol–water partition coefficient (Wildman–Crippen LogP) is 12.4. The van der Waals surface area contributed by atoms with E-state index in [1.165, 1.54) is 148 Å². The van der Waals surface area contributed by atoms with Crippen LogP contribution in [0.2, 0.25) is 0 Å². The molecule has 8 nitrogen and oxygen atoms in total. The van der Waals surface area contributed by atoms with Gasteiger partial charge >= 0.3 is 13.8 Å². The molecule has 0 aliphatic rings. The number of hydrogen-bond acceptors (Lipinski definition) is 7. The predicted molar refractivity (Wildman–Crippen MR) is 210 cm³/mol. The molecule has 296 valence electrons. The van der Waals surface area contributed by atoms with Gasteiger partial charge in [-0.3, -0.25) is 13.8 Å². The molecular formula is C41H80NO7P. The van der Waals surface area contributed by atoms with Gasteiger partial charge in [0, 0.05) is 13.0 Å². The van der Waals surface area contributed by atoms with Crippen LogP contribution >= 0.6 is 7.82 Å². The van der Waals surface area contributed by atoms with Crippen molar-refractivity contribution in [3.8, 4) is 0 Å². The highest BCUT2D eigenvalue weighted by molar-refractivity contribution is 7.47. The number of carbonyl (C=O) groups excluding carboxylic acids is 1. The summed E-state index contributed by atoms with van der Waals surface area (Å²) in [5.41, 5.74) is 5.36. The van der Waals surface area contributed by atoms with E-state index in [2.05, 4.69) is 26.0 Å². The van der Waals surface area contributed by atoms with E-state index in [-0.39, 0.29) is 32.3 Å². The third-order valence-corrected chi connectivity index (χ3v) is 9.94. The van der Waals surface area contributed by atoms with Crippen LogP contribution in [0.25, 0.3) is 0 Å². The average Bonchev–Trinajstić information content (AvgIpc) is 3.11. The molecule has 0 aliphatic carbocycles. The Kier molecular flexibility index (Phi) is 38.1. The first-order valence-electron chi connectivity index (χ1n) is 20.9. The summed E-state index contributed by atoms with van der Waals surface area (Å²) in [5, 5.41) is 0. The second kappa shape index (κ2) is 39.0. The van der Waals surface area contributed by atoms with Crippen LogP contribution in [0.5, 0.6) is 0 Å². The standard InChI is InChI=1S/C41H80NO7P/c1-3-5-7-9-11-13-15-17-19-21-23-25-27-29-31-33-36-46-40(39-49-50(44,45)48-37-35-42)38-47-41(43)34-32-30-28-26-24-22-20-18-16-14-12-10-8-6-4-2/h13,15,33,36,40H,3-12,14,16-32,34-35,37-39,42H2,1-2H3,(H,44,45)/b15-13-,36-33-/t40-/m1/s1. The summed E-state index contributed by atoms with van der Waals surface area (Å²) in [6.45, 7) is 4.21. The molecule has 0 bridgehead atoms. The lowest BCUT2D eigenvalue weighted by molar-refractivity contribution is -0.147. The summed E-state index contributed by atoms with van der Waals surface area (Å²) in [7, 11) is -4.26. The fourth-order valence-electron chi connectivity index (χ4n) is 5.80. The molecule has 0 aromatic heterocycles. The molecule has 0 fully saturated rings. The summed E-state index contributed by atoms with van der Waals surface area (Å²) in [6.07, 6.45) is 42.9. The Morgan fingerprint density at radius 3 is 1.50 bits per heavy atom. The van der Waals surface area contributed by atoms with Gasteiger partial charge in [-0.1, -0.05) is 161 Å². The van der Waals surface area contributed by atoms with Crippen LogP contribution in [0.3, 0.4) is 0 Å². The summed E-state index contributed by atoms with van der Waals surface area (Å²) < 4.78 is 33.2. The van der Waals surface area contributed by atoms with Gasteiger partial charge in [0.2, 0.25) is 0 Å². The first-order chi connectivity index (χ1) is 24.4. The van der Waals surface area contributed by atoms with Gasteiger partial charge in [0.15, 0.2) is 6.10 Å². The molecule has 50 heavy (non-hydrogen) atoms. The molecular weight excluding hydrogens is 649 g/mol. The van der Waals surface area contributed by atoms with Crippen LogP contribution in [0.4, 0.5) is 0 Å². The maximum atomic E-state index is 12.4. The molecule has 3 N–H and O–H groups in total. The maximum absolute atomic E-state index is 12.4. The number of hydrogen-bond donors (Lipinski definition) is 2. The molecule has 0 amide bonds. The molecule has 0 saturated carbocycles. The number of allylic oxidation sites excluding steroid dienone is 3. The van der Waals surface area contributed by atoms with E-state index in [1.54, 1.807) is 6.26 Å². The van der Waals surface area contributed by atoms with E-state index < -0.39 is 13.9 Å². The third kappa shape index (κ3) is 38.1. The second-order valence-electron chi connectivity index (χ2n) is 13.9. The highest BCUT2D eigenvalue weighted by Gasteiger charge is 2.24. The number of phosphoric ester groups is 1. The topological polar surface area (TPSA) is 117 Å². The molecule has 0 aromatic carbocycles. The van der Waals surface area contributed by atoms with Gasteiger partial charge < -0.3 is 20.1 Å². The van der Waals surface area contributed by atoms with Crippen LogP contribution in [0, 0.1) is 0 Å². The Labute approximate surface area is 308 Å². The second-order valence-corrected chi connectivity index (χ2v) is 15.4. The molecule has 9 heteroatoms. The van der Waals surface area contributed by atoms with Crippen molar-refractivity contribution in [2.75, 3.05) is 26.4 Å². The lowest BCUT2D eigenvalue weighted by Gasteiger charge is -2.19. The monoisotopic (exact) mass is 730 g/mol. The summed E-state index contributed by atoms with van der Waals surface area (Å²) in [4.78, 5) is 22.2. The average molecular weight is 730 g/mol. The van der Waals surface area contributed by atoms with Crippen molar-refractivity contribution in [3.05, 3.63) is 24.5 Å². The number of ether oxygens (including phenoxy) is 2. The van der Waals surface area contributed by atoms with Crippen LogP contribution in [0.15, 0.2) is 24.5 Å². The Morgan fingerprint density at radius 2 is 1.02 bits per heavy atom. The normalized spacial score (nSPS) is 13.7. The summed E-state index contributed by atoms with van der Waals surface area (Å²) in [6, 6.07) is 0. The highest BCUT2D eigenvalue weighted by Crippen LogP contribution is 2.43. The SMILES string of the molecule is CCCCCC/C=C\CCCCCCCC/C=C\O[C@H](COC(=O)CCCCCCCCCCCCCCCCC)COP(=O)(O)OCCN. The van der Waals surface area contributed by atoms with Crippen LogP contribution in [-0.4, -0.2) is 43.3 Å². The number of carbonyl (C=O) groups is 1. The minimum Gasteiger partial charge on any atom is -0.492 e. The fourth-order valence-corrected chi connectivity index (χ4v) is 6.56. The Bertz CT molecular complexity index is 823.